The second kappa shape index (κ2) is 21.6. The maximum Gasteiger partial charge on any atom is 0.391 e. The molecule has 0 aliphatic carbocycles. The zero-order chi connectivity index (χ0) is 33.7. The van der Waals surface area contributed by atoms with Crippen LogP contribution in [-0.4, -0.2) is 18.8 Å². The van der Waals surface area contributed by atoms with E-state index in [1.165, 1.54) is 57.8 Å². The van der Waals surface area contributed by atoms with Gasteiger partial charge in [0.2, 0.25) is 0 Å². The predicted octanol–water partition coefficient (Wildman–Crippen LogP) is 13.0. The first kappa shape index (κ1) is 38.2. The maximum atomic E-state index is 13.5. The van der Waals surface area contributed by atoms with E-state index in [1.807, 2.05) is 43.3 Å². The van der Waals surface area contributed by atoms with Gasteiger partial charge in [0.25, 0.3) is 0 Å². The lowest BCUT2D eigenvalue weighted by Crippen LogP contribution is -2.23. The van der Waals surface area contributed by atoms with E-state index in [9.17, 15) is 18.0 Å². The van der Waals surface area contributed by atoms with E-state index in [-0.39, 0.29) is 12.8 Å². The lowest BCUT2D eigenvalue weighted by Gasteiger charge is -2.20. The van der Waals surface area contributed by atoms with Crippen molar-refractivity contribution in [2.45, 2.75) is 129 Å². The average Bonchev–Trinajstić information content (AvgIpc) is 3.07. The molecule has 6 heteroatoms. The van der Waals surface area contributed by atoms with Crippen LogP contribution in [-0.2, 0) is 6.42 Å². The van der Waals surface area contributed by atoms with Gasteiger partial charge in [0.1, 0.15) is 11.5 Å². The summed E-state index contributed by atoms with van der Waals surface area (Å²) in [4.78, 5) is 12.7. The number of hydrogen-bond acceptors (Lipinski definition) is 3. The Hall–Kier alpha value is -3.28. The first-order chi connectivity index (χ1) is 22.8. The third-order valence-electron chi connectivity index (χ3n) is 8.86. The number of esters is 1. The Kier molecular flexibility index (Phi) is 17.5. The van der Waals surface area contributed by atoms with Crippen molar-refractivity contribution in [1.82, 2.24) is 0 Å². The molecule has 47 heavy (non-hydrogen) atoms. The number of hydrogen-bond donors (Lipinski definition) is 0. The third kappa shape index (κ3) is 15.0. The number of carbonyl (C=O) groups is 1. The van der Waals surface area contributed by atoms with Gasteiger partial charge in [-0.3, -0.25) is 0 Å². The summed E-state index contributed by atoms with van der Waals surface area (Å²) in [6, 6.07) is 22.0. The Balaban J connectivity index is 1.38. The minimum atomic E-state index is -4.18. The molecule has 1 atom stereocenters. The van der Waals surface area contributed by atoms with Gasteiger partial charge >= 0.3 is 12.1 Å². The molecule has 3 aromatic carbocycles. The van der Waals surface area contributed by atoms with Crippen molar-refractivity contribution in [2.75, 3.05) is 6.61 Å². The van der Waals surface area contributed by atoms with Gasteiger partial charge < -0.3 is 9.47 Å². The number of ether oxygens (including phenoxy) is 2. The zero-order valence-corrected chi connectivity index (χ0v) is 28.6. The van der Waals surface area contributed by atoms with Crippen LogP contribution in [0.2, 0.25) is 0 Å². The van der Waals surface area contributed by atoms with Crippen LogP contribution < -0.4 is 9.47 Å². The fraction of sp³-hybridized carbons (Fsp3) is 0.537. The number of carbonyl (C=O) groups excluding carboxylic acids is 1. The Bertz CT molecular complexity index is 1250. The predicted molar refractivity (Wildman–Crippen MR) is 187 cm³/mol. The van der Waals surface area contributed by atoms with Crippen LogP contribution in [0.5, 0.6) is 11.5 Å². The molecule has 0 aliphatic rings. The monoisotopic (exact) mass is 652 g/mol. The molecule has 0 saturated carbocycles. The number of alkyl halides is 3. The minimum absolute atomic E-state index is 0.0657. The highest BCUT2D eigenvalue weighted by Crippen LogP contribution is 2.34. The van der Waals surface area contributed by atoms with Gasteiger partial charge in [0, 0.05) is 0 Å². The second-order valence-electron chi connectivity index (χ2n) is 12.8. The number of benzene rings is 3. The van der Waals surface area contributed by atoms with Crippen molar-refractivity contribution in [2.24, 2.45) is 5.92 Å². The largest absolute Gasteiger partial charge is 0.494 e. The molecular weight excluding hydrogens is 597 g/mol. The second-order valence-corrected chi connectivity index (χ2v) is 12.8. The van der Waals surface area contributed by atoms with Crippen LogP contribution in [0.25, 0.3) is 11.1 Å². The van der Waals surface area contributed by atoms with Gasteiger partial charge in [-0.15, -0.1) is 0 Å². The molecule has 0 heterocycles. The Morgan fingerprint density at radius 1 is 0.596 bits per heavy atom. The van der Waals surface area contributed by atoms with Crippen LogP contribution in [0.15, 0.2) is 72.8 Å². The van der Waals surface area contributed by atoms with Crippen molar-refractivity contribution >= 4 is 5.97 Å². The molecule has 0 N–H and O–H groups in total. The van der Waals surface area contributed by atoms with Gasteiger partial charge in [0.05, 0.1) is 18.1 Å². The number of rotatable bonds is 23. The van der Waals surface area contributed by atoms with Crippen LogP contribution >= 0.6 is 0 Å². The fourth-order valence-electron chi connectivity index (χ4n) is 5.84. The van der Waals surface area contributed by atoms with Gasteiger partial charge in [-0.05, 0) is 78.8 Å². The molecule has 0 fully saturated rings. The summed E-state index contributed by atoms with van der Waals surface area (Å²) >= 11 is 0. The molecule has 1 unspecified atom stereocenters. The topological polar surface area (TPSA) is 35.5 Å². The van der Waals surface area contributed by atoms with Gasteiger partial charge in [-0.2, -0.15) is 13.2 Å². The molecule has 3 aromatic rings. The molecule has 0 bridgehead atoms. The summed E-state index contributed by atoms with van der Waals surface area (Å²) in [5.41, 5.74) is 3.23. The smallest absolute Gasteiger partial charge is 0.391 e. The standard InChI is InChI=1S/C41H55F3O3/c1-3-5-7-9-10-11-12-13-14-16-32-46-38-30-25-35(26-31-38)34-21-23-36(24-22-34)40(45)47-39-28-19-33(20-29-39)18-27-37(41(42,43)44)17-15-8-6-4-2/h19-26,28-31,37H,3-18,27,32H2,1-2H3. The molecule has 3 nitrogen and oxygen atoms in total. The summed E-state index contributed by atoms with van der Waals surface area (Å²) in [5, 5.41) is 0. The van der Waals surface area contributed by atoms with Crippen LogP contribution in [0, 0.1) is 5.92 Å². The normalized spacial score (nSPS) is 12.2. The summed E-state index contributed by atoms with van der Waals surface area (Å²) in [6.07, 6.45) is 12.8. The molecule has 0 saturated heterocycles. The van der Waals surface area contributed by atoms with Crippen molar-refractivity contribution in [3.63, 3.8) is 0 Å². The first-order valence-corrected chi connectivity index (χ1v) is 18.0. The van der Waals surface area contributed by atoms with E-state index >= 15 is 0 Å². The van der Waals surface area contributed by atoms with Crippen LogP contribution in [0.1, 0.15) is 133 Å². The molecule has 0 aliphatic heterocycles. The van der Waals surface area contributed by atoms with Gasteiger partial charge in [-0.25, -0.2) is 4.79 Å². The van der Waals surface area contributed by atoms with E-state index in [2.05, 4.69) is 6.92 Å². The molecule has 0 amide bonds. The molecule has 0 aromatic heterocycles. The fourth-order valence-corrected chi connectivity index (χ4v) is 5.84. The third-order valence-corrected chi connectivity index (χ3v) is 8.86. The molecular formula is C41H55F3O3. The average molecular weight is 653 g/mol. The molecule has 0 spiro atoms. The Morgan fingerprint density at radius 2 is 1.09 bits per heavy atom. The minimum Gasteiger partial charge on any atom is -0.494 e. The van der Waals surface area contributed by atoms with E-state index < -0.39 is 18.1 Å². The number of unbranched alkanes of at least 4 members (excludes halogenated alkanes) is 12. The van der Waals surface area contributed by atoms with Gasteiger partial charge in [0.15, 0.2) is 0 Å². The SMILES string of the molecule is CCCCCCCCCCCCOc1ccc(-c2ccc(C(=O)Oc3ccc(CCC(CCCCCC)C(F)(F)F)cc3)cc2)cc1. The van der Waals surface area contributed by atoms with Crippen molar-refractivity contribution in [3.8, 4) is 22.6 Å². The number of halogens is 3. The highest BCUT2D eigenvalue weighted by atomic mass is 19.4. The highest BCUT2D eigenvalue weighted by Gasteiger charge is 2.38. The summed E-state index contributed by atoms with van der Waals surface area (Å²) < 4.78 is 51.9. The van der Waals surface area contributed by atoms with Crippen molar-refractivity contribution in [3.05, 3.63) is 83.9 Å². The van der Waals surface area contributed by atoms with Crippen LogP contribution in [0.3, 0.4) is 0 Å². The molecule has 258 valence electrons. The summed E-state index contributed by atoms with van der Waals surface area (Å²) in [7, 11) is 0. The summed E-state index contributed by atoms with van der Waals surface area (Å²) in [6.45, 7) is 5.03. The van der Waals surface area contributed by atoms with E-state index in [0.29, 0.717) is 24.2 Å². The molecule has 0 radical (unpaired) electrons. The quantitative estimate of drug-likeness (QED) is 0.0581. The summed E-state index contributed by atoms with van der Waals surface area (Å²) in [5.74, 6) is -0.545. The van der Waals surface area contributed by atoms with Crippen LogP contribution in [0.4, 0.5) is 13.2 Å². The zero-order valence-electron chi connectivity index (χ0n) is 28.6. The lowest BCUT2D eigenvalue weighted by molar-refractivity contribution is -0.178. The first-order valence-electron chi connectivity index (χ1n) is 18.0. The highest BCUT2D eigenvalue weighted by molar-refractivity contribution is 5.91. The van der Waals surface area contributed by atoms with Crippen molar-refractivity contribution < 1.29 is 27.4 Å². The maximum absolute atomic E-state index is 13.5. The Labute approximate surface area is 281 Å². The number of aryl methyl sites for hydroxylation is 1. The van der Waals surface area contributed by atoms with E-state index in [0.717, 1.165) is 54.7 Å². The molecule has 3 rings (SSSR count). The van der Waals surface area contributed by atoms with E-state index in [1.54, 1.807) is 36.4 Å². The van der Waals surface area contributed by atoms with Crippen molar-refractivity contribution in [1.29, 1.82) is 0 Å². The van der Waals surface area contributed by atoms with Gasteiger partial charge in [-0.1, -0.05) is 134 Å². The Morgan fingerprint density at radius 3 is 1.64 bits per heavy atom. The lowest BCUT2D eigenvalue weighted by atomic mass is 9.93. The van der Waals surface area contributed by atoms with E-state index in [4.69, 9.17) is 9.47 Å².